The molecule has 3 aliphatic heterocycles. The number of nitrogens with two attached hydrogens (primary N) is 1. The number of carbonyl (C=O) groups excluding carboxylic acids is 1. The zero-order valence-corrected chi connectivity index (χ0v) is 17.2. The summed E-state index contributed by atoms with van der Waals surface area (Å²) in [7, 11) is 0. The minimum atomic E-state index is -1.06. The highest BCUT2D eigenvalue weighted by molar-refractivity contribution is 8.03. The molecule has 0 bridgehead atoms. The molecule has 0 saturated carbocycles. The van der Waals surface area contributed by atoms with Crippen molar-refractivity contribution in [2.45, 2.75) is 70.0 Å². The summed E-state index contributed by atoms with van der Waals surface area (Å²) in [5.74, 6) is -1.49. The molecule has 0 radical (unpaired) electrons. The van der Waals surface area contributed by atoms with Gasteiger partial charge in [0.2, 0.25) is 5.91 Å². The number of thioether (sulfide) groups is 1. The maximum absolute atomic E-state index is 12.4. The van der Waals surface area contributed by atoms with E-state index in [-0.39, 0.29) is 34.9 Å². The van der Waals surface area contributed by atoms with Crippen LogP contribution >= 0.6 is 11.8 Å². The maximum Gasteiger partial charge on any atom is 0.353 e. The second-order valence-electron chi connectivity index (χ2n) is 8.50. The highest BCUT2D eigenvalue weighted by atomic mass is 32.2. The Morgan fingerprint density at radius 1 is 1.41 bits per heavy atom. The molecule has 152 valence electrons. The third kappa shape index (κ3) is 3.64. The van der Waals surface area contributed by atoms with Gasteiger partial charge in [0, 0.05) is 34.7 Å². The lowest BCUT2D eigenvalue weighted by molar-refractivity contribution is -0.163. The SMILES string of the molecule is CC(C)C(N)C[C@@H]1C[C@H](SC2=C(C(=O)O)N3C(=O)[C@H](C(C)O)[C@H]3[C@H]2C)CN1. The van der Waals surface area contributed by atoms with Crippen LogP contribution in [0, 0.1) is 17.8 Å². The molecule has 5 N–H and O–H groups in total. The molecule has 3 rings (SSSR count). The summed E-state index contributed by atoms with van der Waals surface area (Å²) in [6.45, 7) is 8.61. The van der Waals surface area contributed by atoms with Crippen molar-refractivity contribution >= 4 is 23.6 Å². The summed E-state index contributed by atoms with van der Waals surface area (Å²) < 4.78 is 0. The van der Waals surface area contributed by atoms with Gasteiger partial charge in [-0.05, 0) is 25.7 Å². The number of nitrogens with zero attached hydrogens (tertiary/aromatic N) is 1. The van der Waals surface area contributed by atoms with Gasteiger partial charge in [0.1, 0.15) is 5.70 Å². The largest absolute Gasteiger partial charge is 0.477 e. The van der Waals surface area contributed by atoms with E-state index in [2.05, 4.69) is 19.2 Å². The molecule has 3 heterocycles. The molecule has 0 spiro atoms. The Bertz CT molecular complexity index is 651. The van der Waals surface area contributed by atoms with Crippen molar-refractivity contribution < 1.29 is 19.8 Å². The third-order valence-corrected chi connectivity index (χ3v) is 7.71. The van der Waals surface area contributed by atoms with Crippen molar-refractivity contribution in [1.82, 2.24) is 10.2 Å². The van der Waals surface area contributed by atoms with Gasteiger partial charge in [-0.2, -0.15) is 0 Å². The molecule has 7 nitrogen and oxygen atoms in total. The summed E-state index contributed by atoms with van der Waals surface area (Å²) in [6, 6.07) is 0.247. The van der Waals surface area contributed by atoms with Gasteiger partial charge in [0.15, 0.2) is 0 Å². The fourth-order valence-corrected chi connectivity index (χ4v) is 6.03. The average Bonchev–Trinajstić information content (AvgIpc) is 3.09. The number of aliphatic hydroxyl groups excluding tert-OH is 1. The van der Waals surface area contributed by atoms with Gasteiger partial charge in [0.25, 0.3) is 0 Å². The van der Waals surface area contributed by atoms with Gasteiger partial charge < -0.3 is 26.2 Å². The summed E-state index contributed by atoms with van der Waals surface area (Å²) in [5.41, 5.74) is 6.30. The lowest BCUT2D eigenvalue weighted by atomic mass is 9.79. The van der Waals surface area contributed by atoms with E-state index < -0.39 is 18.0 Å². The molecule has 7 atom stereocenters. The highest BCUT2D eigenvalue weighted by Gasteiger charge is 2.60. The molecule has 0 aliphatic carbocycles. The van der Waals surface area contributed by atoms with Gasteiger partial charge >= 0.3 is 5.97 Å². The number of carbonyl (C=O) groups is 2. The second-order valence-corrected chi connectivity index (χ2v) is 9.84. The Labute approximate surface area is 164 Å². The molecule has 2 unspecified atom stereocenters. The average molecular weight is 398 g/mol. The van der Waals surface area contributed by atoms with Crippen molar-refractivity contribution in [2.75, 3.05) is 6.54 Å². The topological polar surface area (TPSA) is 116 Å². The Kier molecular flexibility index (Phi) is 5.91. The van der Waals surface area contributed by atoms with Crippen molar-refractivity contribution in [1.29, 1.82) is 0 Å². The first-order valence-electron chi connectivity index (χ1n) is 9.77. The van der Waals surface area contributed by atoms with Crippen LogP contribution < -0.4 is 11.1 Å². The number of fused-ring (bicyclic) bond motifs is 1. The third-order valence-electron chi connectivity index (χ3n) is 6.20. The zero-order valence-electron chi connectivity index (χ0n) is 16.4. The molecule has 0 aromatic carbocycles. The van der Waals surface area contributed by atoms with Crippen LogP contribution in [0.15, 0.2) is 10.6 Å². The van der Waals surface area contributed by atoms with Crippen molar-refractivity contribution in [3.63, 3.8) is 0 Å². The van der Waals surface area contributed by atoms with Crippen molar-refractivity contribution in [2.24, 2.45) is 23.5 Å². The highest BCUT2D eigenvalue weighted by Crippen LogP contribution is 2.51. The fourth-order valence-electron chi connectivity index (χ4n) is 4.51. The number of hydrogen-bond donors (Lipinski definition) is 4. The molecule has 2 fully saturated rings. The minimum absolute atomic E-state index is 0.0737. The van der Waals surface area contributed by atoms with Crippen molar-refractivity contribution in [3.8, 4) is 0 Å². The Morgan fingerprint density at radius 2 is 2.07 bits per heavy atom. The number of amides is 1. The molecule has 8 heteroatoms. The van der Waals surface area contributed by atoms with E-state index in [1.54, 1.807) is 18.7 Å². The molecule has 0 aromatic rings. The number of carboxylic acid groups (broad SMARTS) is 1. The van der Waals surface area contributed by atoms with Crippen LogP contribution in [-0.2, 0) is 9.59 Å². The number of aliphatic hydroxyl groups is 1. The van der Waals surface area contributed by atoms with E-state index in [9.17, 15) is 19.8 Å². The van der Waals surface area contributed by atoms with Crippen LogP contribution in [0.3, 0.4) is 0 Å². The van der Waals surface area contributed by atoms with E-state index in [1.807, 2.05) is 6.92 Å². The van der Waals surface area contributed by atoms with Gasteiger partial charge in [0.05, 0.1) is 18.1 Å². The molecule has 27 heavy (non-hydrogen) atoms. The minimum Gasteiger partial charge on any atom is -0.477 e. The quantitative estimate of drug-likeness (QED) is 0.473. The number of aliphatic carboxylic acids is 1. The Balaban J connectivity index is 1.71. The molecule has 0 aromatic heterocycles. The Hall–Kier alpha value is -1.09. The van der Waals surface area contributed by atoms with E-state index in [0.717, 1.165) is 24.3 Å². The Morgan fingerprint density at radius 3 is 2.63 bits per heavy atom. The summed E-state index contributed by atoms with van der Waals surface area (Å²) >= 11 is 1.58. The van der Waals surface area contributed by atoms with E-state index in [1.165, 1.54) is 4.90 Å². The standard InChI is InChI=1S/C19H31N3O4S/c1-8(2)13(20)6-11-5-12(7-21-11)27-17-9(3)15-14(10(4)23)18(24)22(15)16(17)19(25)26/h8-15,21,23H,5-7,20H2,1-4H3,(H,25,26)/t9-,10?,11+,12+,13?,14-,15-/m1/s1. The summed E-state index contributed by atoms with van der Waals surface area (Å²) in [6.07, 6.45) is 1.08. The van der Waals surface area contributed by atoms with Crippen LogP contribution in [0.5, 0.6) is 0 Å². The van der Waals surface area contributed by atoms with Crippen LogP contribution in [-0.4, -0.2) is 63.0 Å². The number of nitrogens with one attached hydrogen (secondary N) is 1. The molecule has 2 saturated heterocycles. The number of hydrogen-bond acceptors (Lipinski definition) is 6. The van der Waals surface area contributed by atoms with Crippen LogP contribution in [0.4, 0.5) is 0 Å². The number of carboxylic acids is 1. The fraction of sp³-hybridized carbons (Fsp3) is 0.789. The first kappa shape index (κ1) is 20.6. The van der Waals surface area contributed by atoms with Crippen LogP contribution in [0.2, 0.25) is 0 Å². The van der Waals surface area contributed by atoms with Gasteiger partial charge in [-0.1, -0.05) is 20.8 Å². The predicted molar refractivity (Wildman–Crippen MR) is 105 cm³/mol. The summed E-state index contributed by atoms with van der Waals surface area (Å²) in [5, 5.41) is 23.4. The smallest absolute Gasteiger partial charge is 0.353 e. The van der Waals surface area contributed by atoms with E-state index in [4.69, 9.17) is 5.73 Å². The van der Waals surface area contributed by atoms with Gasteiger partial charge in [-0.25, -0.2) is 4.79 Å². The van der Waals surface area contributed by atoms with E-state index in [0.29, 0.717) is 12.0 Å². The number of β-lactam (4-membered cyclic amide) rings is 1. The number of rotatable bonds is 7. The van der Waals surface area contributed by atoms with Crippen LogP contribution in [0.25, 0.3) is 0 Å². The maximum atomic E-state index is 12.4. The molecule has 1 amide bonds. The van der Waals surface area contributed by atoms with Gasteiger partial charge in [-0.3, -0.25) is 4.79 Å². The normalized spacial score (nSPS) is 35.4. The predicted octanol–water partition coefficient (Wildman–Crippen LogP) is 0.977. The second kappa shape index (κ2) is 7.73. The van der Waals surface area contributed by atoms with Crippen LogP contribution in [0.1, 0.15) is 40.5 Å². The molecular formula is C19H31N3O4S. The molecular weight excluding hydrogens is 366 g/mol. The lowest BCUT2D eigenvalue weighted by Crippen LogP contribution is -2.63. The van der Waals surface area contributed by atoms with Gasteiger partial charge in [-0.15, -0.1) is 11.8 Å². The summed E-state index contributed by atoms with van der Waals surface area (Å²) in [4.78, 5) is 26.4. The van der Waals surface area contributed by atoms with Crippen molar-refractivity contribution in [3.05, 3.63) is 10.6 Å². The first-order valence-corrected chi connectivity index (χ1v) is 10.7. The van der Waals surface area contributed by atoms with E-state index >= 15 is 0 Å². The first-order chi connectivity index (χ1) is 12.6. The zero-order chi connectivity index (χ0) is 20.0. The lowest BCUT2D eigenvalue weighted by Gasteiger charge is -2.46. The monoisotopic (exact) mass is 397 g/mol. The molecule has 3 aliphatic rings.